The van der Waals surface area contributed by atoms with E-state index < -0.39 is 5.97 Å². The Morgan fingerprint density at radius 3 is 2.71 bits per heavy atom. The van der Waals surface area contributed by atoms with Crippen molar-refractivity contribution in [3.05, 3.63) is 34.5 Å². The van der Waals surface area contributed by atoms with Crippen molar-refractivity contribution in [2.75, 3.05) is 0 Å². The van der Waals surface area contributed by atoms with Gasteiger partial charge in [-0.05, 0) is 19.8 Å². The Labute approximate surface area is 126 Å². The fourth-order valence-corrected chi connectivity index (χ4v) is 3.11. The molecule has 0 saturated heterocycles. The summed E-state index contributed by atoms with van der Waals surface area (Å²) >= 11 is 6.25. The van der Waals surface area contributed by atoms with Crippen molar-refractivity contribution in [1.29, 1.82) is 0 Å². The van der Waals surface area contributed by atoms with Crippen molar-refractivity contribution in [2.24, 2.45) is 0 Å². The van der Waals surface area contributed by atoms with E-state index in [0.717, 1.165) is 31.4 Å². The molecule has 1 aliphatic rings. The van der Waals surface area contributed by atoms with Crippen molar-refractivity contribution >= 4 is 17.6 Å². The molecule has 1 N–H and O–H groups in total. The van der Waals surface area contributed by atoms with Gasteiger partial charge in [0.1, 0.15) is 17.0 Å². The summed E-state index contributed by atoms with van der Waals surface area (Å²) in [6.45, 7) is 1.83. The van der Waals surface area contributed by atoms with Gasteiger partial charge in [-0.25, -0.2) is 19.4 Å². The van der Waals surface area contributed by atoms with Gasteiger partial charge in [-0.15, -0.1) is 0 Å². The average Bonchev–Trinajstić information content (AvgIpc) is 3.05. The van der Waals surface area contributed by atoms with Crippen LogP contribution in [0.1, 0.15) is 53.3 Å². The van der Waals surface area contributed by atoms with Crippen LogP contribution in [0, 0.1) is 6.92 Å². The summed E-state index contributed by atoms with van der Waals surface area (Å²) in [6, 6.07) is 1.73. The predicted molar refractivity (Wildman–Crippen MR) is 77.1 cm³/mol. The lowest BCUT2D eigenvalue weighted by Crippen LogP contribution is -2.04. The Balaban J connectivity index is 2.14. The monoisotopic (exact) mass is 306 g/mol. The summed E-state index contributed by atoms with van der Waals surface area (Å²) < 4.78 is 1.40. The number of rotatable bonds is 3. The van der Waals surface area contributed by atoms with Gasteiger partial charge in [0, 0.05) is 17.7 Å². The van der Waals surface area contributed by atoms with E-state index in [1.807, 2.05) is 6.92 Å². The highest BCUT2D eigenvalue weighted by molar-refractivity contribution is 6.33. The topological polar surface area (TPSA) is 80.9 Å². The molecule has 110 valence electrons. The molecule has 2 aromatic heterocycles. The number of nitrogens with zero attached hydrogens (tertiary/aromatic N) is 4. The summed E-state index contributed by atoms with van der Waals surface area (Å²) in [6.07, 6.45) is 5.52. The Hall–Kier alpha value is -1.95. The number of aromatic carboxylic acids is 1. The van der Waals surface area contributed by atoms with Gasteiger partial charge in [0.25, 0.3) is 0 Å². The Morgan fingerprint density at radius 1 is 1.38 bits per heavy atom. The Kier molecular flexibility index (Phi) is 3.63. The molecule has 1 saturated carbocycles. The van der Waals surface area contributed by atoms with E-state index in [2.05, 4.69) is 15.1 Å². The number of aryl methyl sites for hydroxylation is 1. The first-order chi connectivity index (χ1) is 10.1. The maximum absolute atomic E-state index is 11.5. The Bertz CT molecular complexity index is 692. The van der Waals surface area contributed by atoms with E-state index in [1.54, 1.807) is 6.07 Å². The molecule has 2 aromatic rings. The minimum atomic E-state index is -1.04. The van der Waals surface area contributed by atoms with Crippen LogP contribution in [0.4, 0.5) is 0 Å². The smallest absolute Gasteiger partial charge is 0.340 e. The molecule has 0 amide bonds. The van der Waals surface area contributed by atoms with E-state index >= 15 is 0 Å². The second-order valence-electron chi connectivity index (χ2n) is 5.27. The van der Waals surface area contributed by atoms with E-state index in [0.29, 0.717) is 11.5 Å². The van der Waals surface area contributed by atoms with Gasteiger partial charge in [-0.2, -0.15) is 5.10 Å². The maximum atomic E-state index is 11.5. The molecule has 21 heavy (non-hydrogen) atoms. The molecule has 0 radical (unpaired) electrons. The molecule has 0 atom stereocenters. The zero-order valence-corrected chi connectivity index (χ0v) is 12.3. The highest BCUT2D eigenvalue weighted by Gasteiger charge is 2.30. The van der Waals surface area contributed by atoms with Crippen molar-refractivity contribution in [1.82, 2.24) is 19.7 Å². The molecular weight excluding hydrogens is 292 g/mol. The first-order valence-electron chi connectivity index (χ1n) is 6.88. The summed E-state index contributed by atoms with van der Waals surface area (Å²) in [5.74, 6) is -0.393. The Morgan fingerprint density at radius 2 is 2.10 bits per heavy atom. The molecule has 0 bridgehead atoms. The molecule has 0 unspecified atom stereocenters. The third kappa shape index (κ3) is 2.51. The van der Waals surface area contributed by atoms with Crippen LogP contribution in [-0.2, 0) is 0 Å². The molecule has 2 heterocycles. The molecule has 1 aliphatic carbocycles. The standard InChI is InChI=1S/C14H15ClN4O2/c1-8-6-10(17-7-16-8)19-13(15)11(14(20)21)12(18-19)9-4-2-3-5-9/h6-7,9H,2-5H2,1H3,(H,20,21). The highest BCUT2D eigenvalue weighted by atomic mass is 35.5. The van der Waals surface area contributed by atoms with Gasteiger partial charge in [0.05, 0.1) is 5.69 Å². The van der Waals surface area contributed by atoms with Crippen LogP contribution in [0.25, 0.3) is 5.82 Å². The number of carbonyl (C=O) groups is 1. The van der Waals surface area contributed by atoms with Gasteiger partial charge < -0.3 is 5.11 Å². The van der Waals surface area contributed by atoms with Crippen LogP contribution in [0.15, 0.2) is 12.4 Å². The maximum Gasteiger partial charge on any atom is 0.340 e. The number of halogens is 1. The number of hydrogen-bond donors (Lipinski definition) is 1. The molecule has 0 spiro atoms. The van der Waals surface area contributed by atoms with E-state index in [1.165, 1.54) is 11.0 Å². The van der Waals surface area contributed by atoms with Gasteiger partial charge in [0.15, 0.2) is 5.82 Å². The summed E-state index contributed by atoms with van der Waals surface area (Å²) in [7, 11) is 0. The average molecular weight is 307 g/mol. The summed E-state index contributed by atoms with van der Waals surface area (Å²) in [4.78, 5) is 19.7. The van der Waals surface area contributed by atoms with Gasteiger partial charge in [-0.3, -0.25) is 0 Å². The third-order valence-electron chi connectivity index (χ3n) is 3.82. The van der Waals surface area contributed by atoms with E-state index in [9.17, 15) is 9.90 Å². The number of carboxylic acid groups (broad SMARTS) is 1. The normalized spacial score (nSPS) is 15.5. The molecule has 1 fully saturated rings. The molecule has 0 aromatic carbocycles. The molecule has 3 rings (SSSR count). The number of carboxylic acids is 1. The fourth-order valence-electron chi connectivity index (χ4n) is 2.80. The van der Waals surface area contributed by atoms with Crippen molar-refractivity contribution in [2.45, 2.75) is 38.5 Å². The van der Waals surface area contributed by atoms with Crippen molar-refractivity contribution < 1.29 is 9.90 Å². The van der Waals surface area contributed by atoms with Crippen LogP contribution in [-0.4, -0.2) is 30.8 Å². The van der Waals surface area contributed by atoms with Crippen molar-refractivity contribution in [3.8, 4) is 5.82 Å². The lowest BCUT2D eigenvalue weighted by Gasteiger charge is -2.05. The summed E-state index contributed by atoms with van der Waals surface area (Å²) in [5, 5.41) is 14.0. The second-order valence-corrected chi connectivity index (χ2v) is 5.62. The van der Waals surface area contributed by atoms with Gasteiger partial charge in [0.2, 0.25) is 0 Å². The first-order valence-corrected chi connectivity index (χ1v) is 7.26. The lowest BCUT2D eigenvalue weighted by atomic mass is 10.0. The van der Waals surface area contributed by atoms with E-state index in [4.69, 9.17) is 11.6 Å². The second kappa shape index (κ2) is 5.44. The zero-order chi connectivity index (χ0) is 15.0. The minimum Gasteiger partial charge on any atom is -0.478 e. The quantitative estimate of drug-likeness (QED) is 0.942. The molecule has 0 aliphatic heterocycles. The van der Waals surface area contributed by atoms with Gasteiger partial charge >= 0.3 is 5.97 Å². The van der Waals surface area contributed by atoms with Crippen LogP contribution in [0.3, 0.4) is 0 Å². The molecule has 7 heteroatoms. The van der Waals surface area contributed by atoms with E-state index in [-0.39, 0.29) is 16.6 Å². The van der Waals surface area contributed by atoms with Crippen LogP contribution >= 0.6 is 11.6 Å². The van der Waals surface area contributed by atoms with Crippen LogP contribution in [0.5, 0.6) is 0 Å². The largest absolute Gasteiger partial charge is 0.478 e. The third-order valence-corrected chi connectivity index (χ3v) is 4.17. The van der Waals surface area contributed by atoms with Crippen LogP contribution < -0.4 is 0 Å². The highest BCUT2D eigenvalue weighted by Crippen LogP contribution is 2.37. The SMILES string of the molecule is Cc1cc(-n2nc(C3CCCC3)c(C(=O)O)c2Cl)ncn1. The first kappa shape index (κ1) is 14.0. The molecule has 6 nitrogen and oxygen atoms in total. The number of hydrogen-bond acceptors (Lipinski definition) is 4. The number of aromatic nitrogens is 4. The van der Waals surface area contributed by atoms with Crippen LogP contribution in [0.2, 0.25) is 5.15 Å². The lowest BCUT2D eigenvalue weighted by molar-refractivity contribution is 0.0695. The fraction of sp³-hybridized carbons (Fsp3) is 0.429. The zero-order valence-electron chi connectivity index (χ0n) is 11.6. The minimum absolute atomic E-state index is 0.0971. The van der Waals surface area contributed by atoms with Crippen molar-refractivity contribution in [3.63, 3.8) is 0 Å². The summed E-state index contributed by atoms with van der Waals surface area (Å²) in [5.41, 5.74) is 1.44. The van der Waals surface area contributed by atoms with Gasteiger partial charge in [-0.1, -0.05) is 24.4 Å². The predicted octanol–water partition coefficient (Wildman–Crippen LogP) is 2.98. The molecular formula is C14H15ClN4O2.